The van der Waals surface area contributed by atoms with Crippen molar-refractivity contribution in [2.45, 2.75) is 19.4 Å². The van der Waals surface area contributed by atoms with E-state index in [0.29, 0.717) is 11.8 Å². The van der Waals surface area contributed by atoms with E-state index in [2.05, 4.69) is 32.7 Å². The first-order valence-electron chi connectivity index (χ1n) is 8.97. The molecule has 0 aliphatic carbocycles. The molecule has 1 amide bonds. The molecule has 0 spiro atoms. The zero-order chi connectivity index (χ0) is 17.6. The van der Waals surface area contributed by atoms with Crippen LogP contribution in [0.15, 0.2) is 22.5 Å². The number of hydrogen-bond donors (Lipinski definition) is 1. The van der Waals surface area contributed by atoms with E-state index >= 15 is 0 Å². The summed E-state index contributed by atoms with van der Waals surface area (Å²) in [6.07, 6.45) is 2.35. The van der Waals surface area contributed by atoms with Crippen LogP contribution in [0.4, 0.5) is 0 Å². The molecule has 2 atom stereocenters. The van der Waals surface area contributed by atoms with Crippen LogP contribution >= 0.6 is 11.3 Å². The number of rotatable bonds is 5. The molecule has 25 heavy (non-hydrogen) atoms. The summed E-state index contributed by atoms with van der Waals surface area (Å²) in [6, 6.07) is 4.17. The first-order chi connectivity index (χ1) is 12.1. The van der Waals surface area contributed by atoms with Gasteiger partial charge in [-0.25, -0.2) is 4.99 Å². The lowest BCUT2D eigenvalue weighted by Crippen LogP contribution is -2.41. The molecule has 7 heteroatoms. The summed E-state index contributed by atoms with van der Waals surface area (Å²) in [5.41, 5.74) is 0. The van der Waals surface area contributed by atoms with Gasteiger partial charge in [0.2, 0.25) is 5.91 Å². The fraction of sp³-hybridized carbons (Fsp3) is 0.667. The van der Waals surface area contributed by atoms with Crippen LogP contribution in [0.1, 0.15) is 17.7 Å². The average molecular weight is 365 g/mol. The summed E-state index contributed by atoms with van der Waals surface area (Å²) in [7, 11) is 3.53. The Balaban J connectivity index is 1.62. The highest BCUT2D eigenvalue weighted by Gasteiger charge is 2.33. The van der Waals surface area contributed by atoms with Gasteiger partial charge in [0, 0.05) is 45.3 Å². The van der Waals surface area contributed by atoms with E-state index < -0.39 is 0 Å². The number of likely N-dealkylation sites (N-methyl/N-ethyl adjacent to an activating group) is 1. The van der Waals surface area contributed by atoms with E-state index in [1.54, 1.807) is 30.3 Å². The fourth-order valence-electron chi connectivity index (χ4n) is 3.42. The van der Waals surface area contributed by atoms with Crippen LogP contribution in [0.3, 0.4) is 0 Å². The monoisotopic (exact) mass is 364 g/mol. The SMILES string of the molecule is CN(C)C(=O)CN=C(NCc1cccs1)N1CCC(C2CCOC2)C1. The van der Waals surface area contributed by atoms with Gasteiger partial charge in [-0.3, -0.25) is 4.79 Å². The summed E-state index contributed by atoms with van der Waals surface area (Å²) >= 11 is 1.73. The number of ether oxygens (including phenoxy) is 1. The summed E-state index contributed by atoms with van der Waals surface area (Å²) in [5.74, 6) is 2.22. The van der Waals surface area contributed by atoms with Gasteiger partial charge in [0.15, 0.2) is 5.96 Å². The Bertz CT molecular complexity index is 582. The molecule has 0 saturated carbocycles. The third-order valence-electron chi connectivity index (χ3n) is 5.02. The van der Waals surface area contributed by atoms with E-state index in [-0.39, 0.29) is 12.5 Å². The maximum atomic E-state index is 11.9. The Hall–Kier alpha value is -1.60. The minimum atomic E-state index is 0.0235. The van der Waals surface area contributed by atoms with Crippen LogP contribution in [0.5, 0.6) is 0 Å². The molecule has 0 aromatic carbocycles. The summed E-state index contributed by atoms with van der Waals surface area (Å²) in [5, 5.41) is 5.53. The largest absolute Gasteiger partial charge is 0.381 e. The molecule has 2 aliphatic rings. The van der Waals surface area contributed by atoms with E-state index in [1.165, 1.54) is 17.7 Å². The summed E-state index contributed by atoms with van der Waals surface area (Å²) in [4.78, 5) is 21.7. The van der Waals surface area contributed by atoms with Gasteiger partial charge in [0.25, 0.3) is 0 Å². The number of guanidine groups is 1. The van der Waals surface area contributed by atoms with E-state index in [9.17, 15) is 4.79 Å². The van der Waals surface area contributed by atoms with Crippen molar-refractivity contribution in [1.29, 1.82) is 0 Å². The molecular weight excluding hydrogens is 336 g/mol. The van der Waals surface area contributed by atoms with Crippen LogP contribution < -0.4 is 5.32 Å². The second kappa shape index (κ2) is 8.67. The quantitative estimate of drug-likeness (QED) is 0.637. The highest BCUT2D eigenvalue weighted by molar-refractivity contribution is 7.09. The van der Waals surface area contributed by atoms with E-state index in [4.69, 9.17) is 4.74 Å². The number of thiophene rings is 1. The molecule has 3 heterocycles. The van der Waals surface area contributed by atoms with Crippen molar-refractivity contribution in [3.05, 3.63) is 22.4 Å². The highest BCUT2D eigenvalue weighted by atomic mass is 32.1. The smallest absolute Gasteiger partial charge is 0.243 e. The van der Waals surface area contributed by atoms with Crippen LogP contribution in [0.25, 0.3) is 0 Å². The molecule has 0 radical (unpaired) electrons. The molecule has 2 saturated heterocycles. The van der Waals surface area contributed by atoms with Crippen LogP contribution in [0.2, 0.25) is 0 Å². The lowest BCUT2D eigenvalue weighted by Gasteiger charge is -2.23. The Morgan fingerprint density at radius 2 is 2.32 bits per heavy atom. The van der Waals surface area contributed by atoms with Gasteiger partial charge in [-0.15, -0.1) is 11.3 Å². The van der Waals surface area contributed by atoms with Gasteiger partial charge in [-0.2, -0.15) is 0 Å². The van der Waals surface area contributed by atoms with Gasteiger partial charge in [0.1, 0.15) is 6.54 Å². The molecule has 2 unspecified atom stereocenters. The highest BCUT2D eigenvalue weighted by Crippen LogP contribution is 2.30. The lowest BCUT2D eigenvalue weighted by molar-refractivity contribution is -0.127. The Kier molecular flexibility index (Phi) is 6.31. The number of nitrogens with zero attached hydrogens (tertiary/aromatic N) is 3. The number of amides is 1. The second-order valence-electron chi connectivity index (χ2n) is 6.98. The number of carbonyl (C=O) groups excluding carboxylic acids is 1. The van der Waals surface area contributed by atoms with Crippen molar-refractivity contribution < 1.29 is 9.53 Å². The molecule has 3 rings (SSSR count). The first kappa shape index (κ1) is 18.2. The van der Waals surface area contributed by atoms with Crippen LogP contribution in [0, 0.1) is 11.8 Å². The van der Waals surface area contributed by atoms with Gasteiger partial charge in [0.05, 0.1) is 6.54 Å². The van der Waals surface area contributed by atoms with Crippen molar-refractivity contribution in [3.8, 4) is 0 Å². The van der Waals surface area contributed by atoms with Crippen LogP contribution in [-0.4, -0.2) is 68.6 Å². The van der Waals surface area contributed by atoms with Gasteiger partial charge in [-0.1, -0.05) is 6.07 Å². The van der Waals surface area contributed by atoms with Crippen molar-refractivity contribution in [2.24, 2.45) is 16.8 Å². The second-order valence-corrected chi connectivity index (χ2v) is 8.01. The molecule has 2 aliphatic heterocycles. The minimum absolute atomic E-state index is 0.0235. The number of likely N-dealkylation sites (tertiary alicyclic amines) is 1. The third-order valence-corrected chi connectivity index (χ3v) is 5.90. The first-order valence-corrected chi connectivity index (χ1v) is 9.85. The number of aliphatic imine (C=N–C) groups is 1. The maximum Gasteiger partial charge on any atom is 0.243 e. The molecule has 1 aromatic heterocycles. The molecular formula is C18H28N4O2S. The Labute approximate surface area is 153 Å². The maximum absolute atomic E-state index is 11.9. The molecule has 138 valence electrons. The normalized spacial score (nSPS) is 23.9. The number of hydrogen-bond acceptors (Lipinski definition) is 4. The third kappa shape index (κ3) is 4.95. The Morgan fingerprint density at radius 1 is 1.44 bits per heavy atom. The number of carbonyl (C=O) groups is 1. The topological polar surface area (TPSA) is 57.2 Å². The van der Waals surface area contributed by atoms with Crippen molar-refractivity contribution in [2.75, 3.05) is 46.9 Å². The summed E-state index contributed by atoms with van der Waals surface area (Å²) in [6.45, 7) is 4.73. The van der Waals surface area contributed by atoms with E-state index in [0.717, 1.165) is 38.8 Å². The Morgan fingerprint density at radius 3 is 3.00 bits per heavy atom. The molecule has 1 N–H and O–H groups in total. The molecule has 1 aromatic rings. The van der Waals surface area contributed by atoms with Gasteiger partial charge < -0.3 is 19.9 Å². The predicted octanol–water partition coefficient (Wildman–Crippen LogP) is 1.64. The fourth-order valence-corrected chi connectivity index (χ4v) is 4.06. The van der Waals surface area contributed by atoms with Gasteiger partial charge >= 0.3 is 0 Å². The molecule has 2 fully saturated rings. The number of nitrogens with one attached hydrogen (secondary N) is 1. The van der Waals surface area contributed by atoms with Gasteiger partial charge in [-0.05, 0) is 36.1 Å². The van der Waals surface area contributed by atoms with Crippen molar-refractivity contribution in [1.82, 2.24) is 15.1 Å². The lowest BCUT2D eigenvalue weighted by atomic mass is 9.91. The van der Waals surface area contributed by atoms with Crippen LogP contribution in [-0.2, 0) is 16.1 Å². The standard InChI is InChI=1S/C18H28N4O2S/c1-21(2)17(23)11-20-18(19-10-16-4-3-9-25-16)22-7-5-14(12-22)15-6-8-24-13-15/h3-4,9,14-15H,5-8,10-13H2,1-2H3,(H,19,20). The minimum Gasteiger partial charge on any atom is -0.381 e. The van der Waals surface area contributed by atoms with Crippen molar-refractivity contribution >= 4 is 23.2 Å². The van der Waals surface area contributed by atoms with Crippen molar-refractivity contribution in [3.63, 3.8) is 0 Å². The molecule has 0 bridgehead atoms. The molecule has 6 nitrogen and oxygen atoms in total. The van der Waals surface area contributed by atoms with E-state index in [1.807, 2.05) is 0 Å². The zero-order valence-electron chi connectivity index (χ0n) is 15.1. The average Bonchev–Trinajstić information content (AvgIpc) is 3.35. The summed E-state index contributed by atoms with van der Waals surface area (Å²) < 4.78 is 5.55. The zero-order valence-corrected chi connectivity index (χ0v) is 15.9. The predicted molar refractivity (Wildman–Crippen MR) is 101 cm³/mol.